The fourth-order valence-corrected chi connectivity index (χ4v) is 9.87. The molecule has 2 fully saturated rings. The van der Waals surface area contributed by atoms with Crippen molar-refractivity contribution in [1.82, 2.24) is 4.98 Å². The van der Waals surface area contributed by atoms with E-state index in [0.717, 1.165) is 54.1 Å². The number of aromatic nitrogens is 1. The molecule has 56 heavy (non-hydrogen) atoms. The number of benzene rings is 2. The third-order valence-electron chi connectivity index (χ3n) is 13.0. The van der Waals surface area contributed by atoms with E-state index in [1.165, 1.54) is 0 Å². The van der Waals surface area contributed by atoms with Crippen molar-refractivity contribution in [3.63, 3.8) is 0 Å². The smallest absolute Gasteiger partial charge is 0.375 e. The van der Waals surface area contributed by atoms with Crippen LogP contribution in [0.15, 0.2) is 41.3 Å². The van der Waals surface area contributed by atoms with Crippen molar-refractivity contribution >= 4 is 34.5 Å². The van der Waals surface area contributed by atoms with E-state index in [2.05, 4.69) is 4.98 Å². The van der Waals surface area contributed by atoms with Crippen LogP contribution in [0.4, 0.5) is 0 Å². The molecule has 5 N–H and O–H groups in total. The summed E-state index contributed by atoms with van der Waals surface area (Å²) in [5.41, 5.74) is 3.38. The lowest BCUT2D eigenvalue weighted by Gasteiger charge is -2.39. The Bertz CT molecular complexity index is 2120. The van der Waals surface area contributed by atoms with Crippen LogP contribution in [-0.4, -0.2) is 81.6 Å². The highest BCUT2D eigenvalue weighted by molar-refractivity contribution is 6.11. The summed E-state index contributed by atoms with van der Waals surface area (Å²) in [6.45, 7) is 2.30. The van der Waals surface area contributed by atoms with E-state index in [9.17, 15) is 34.8 Å². The molecular formula is C44H51NO11. The molecule has 2 saturated carbocycles. The van der Waals surface area contributed by atoms with Crippen LogP contribution in [0.3, 0.4) is 0 Å². The van der Waals surface area contributed by atoms with Gasteiger partial charge in [0.25, 0.3) is 0 Å². The number of aromatic amines is 1. The molecule has 12 heteroatoms. The molecule has 0 saturated heterocycles. The first-order valence-corrected chi connectivity index (χ1v) is 20.1. The van der Waals surface area contributed by atoms with Crippen LogP contribution in [0, 0.1) is 17.8 Å². The van der Waals surface area contributed by atoms with E-state index < -0.39 is 42.7 Å². The molecule has 8 rings (SSSR count). The highest BCUT2D eigenvalue weighted by Gasteiger charge is 2.49. The Balaban J connectivity index is 1.40. The summed E-state index contributed by atoms with van der Waals surface area (Å²) >= 11 is 0. The second kappa shape index (κ2) is 15.5. The number of rotatable bonds is 8. The topological polar surface area (TPSA) is 185 Å². The SMILES string of the molecule is CCOC(=O)C1=C(C=O)C2=C3CC(CO)C(=O)C(C3)c3cc4cc[nH]c4cc3CCC(CO)COc3c4c(c(CO)c(c32)O1)OC(C(C)(O)C1CCCCC1)C4. The number of carbonyl (C=O) groups excluding carboxylic acids is 3. The maximum absolute atomic E-state index is 14.3. The summed E-state index contributed by atoms with van der Waals surface area (Å²) in [7, 11) is 0. The van der Waals surface area contributed by atoms with Crippen LogP contribution in [0.2, 0.25) is 0 Å². The summed E-state index contributed by atoms with van der Waals surface area (Å²) in [5, 5.41) is 45.6. The van der Waals surface area contributed by atoms with E-state index in [0.29, 0.717) is 47.2 Å². The number of H-pyrrole nitrogens is 1. The number of aliphatic hydroxyl groups is 4. The molecule has 2 bridgehead atoms. The van der Waals surface area contributed by atoms with Gasteiger partial charge < -0.3 is 44.4 Å². The Morgan fingerprint density at radius 1 is 1.04 bits per heavy atom. The standard InChI is InChI=1S/C44H51NO11/c1-3-53-43(51)42-32(20-48)36-26-13-27(19-47)38(50)30(15-26)29-14-25-11-12-45-34(25)16-24(29)10-9-23(18-46)22-54-40-31-17-35(44(2,52)28-7-5-4-6-8-28)55-39(31)33(21-49)41(56-42)37(36)40/h11-12,14,16,20,23,27-28,30,35,45-47,49,52H,3-10,13,15,17-19,21-22H2,1-2H3. The number of aryl methyl sites for hydroxylation is 1. The van der Waals surface area contributed by atoms with E-state index in [4.69, 9.17) is 18.9 Å². The predicted molar refractivity (Wildman–Crippen MR) is 205 cm³/mol. The Hall–Kier alpha value is -4.49. The van der Waals surface area contributed by atoms with E-state index in [-0.39, 0.29) is 85.1 Å². The molecule has 5 unspecified atom stereocenters. The molecule has 298 valence electrons. The lowest BCUT2D eigenvalue weighted by atomic mass is 9.70. The van der Waals surface area contributed by atoms with Gasteiger partial charge in [0.1, 0.15) is 34.7 Å². The lowest BCUT2D eigenvalue weighted by Crippen LogP contribution is -2.49. The average Bonchev–Trinajstić information content (AvgIpc) is 3.88. The van der Waals surface area contributed by atoms with Crippen LogP contribution in [-0.2, 0) is 38.6 Å². The van der Waals surface area contributed by atoms with Crippen molar-refractivity contribution in [1.29, 1.82) is 0 Å². The maximum atomic E-state index is 14.3. The third-order valence-corrected chi connectivity index (χ3v) is 13.0. The summed E-state index contributed by atoms with van der Waals surface area (Å²) < 4.78 is 25.2. The Kier molecular flexibility index (Phi) is 10.6. The summed E-state index contributed by atoms with van der Waals surface area (Å²) in [4.78, 5) is 44.7. The maximum Gasteiger partial charge on any atom is 0.375 e. The van der Waals surface area contributed by atoms with Gasteiger partial charge in [0.2, 0.25) is 5.76 Å². The summed E-state index contributed by atoms with van der Waals surface area (Å²) in [6.07, 6.45) is 8.05. The number of ether oxygens (including phenoxy) is 4. The molecule has 2 aliphatic carbocycles. The van der Waals surface area contributed by atoms with Crippen molar-refractivity contribution < 1.29 is 53.8 Å². The Labute approximate surface area is 325 Å². The van der Waals surface area contributed by atoms with Gasteiger partial charge in [-0.05, 0) is 93.0 Å². The van der Waals surface area contributed by atoms with Crippen LogP contribution in [0.25, 0.3) is 16.5 Å². The number of aliphatic hydroxyl groups excluding tert-OH is 3. The van der Waals surface area contributed by atoms with Gasteiger partial charge in [-0.2, -0.15) is 0 Å². The van der Waals surface area contributed by atoms with Crippen LogP contribution >= 0.6 is 0 Å². The second-order valence-electron chi connectivity index (χ2n) is 16.3. The highest BCUT2D eigenvalue weighted by Crippen LogP contribution is 2.57. The number of Topliss-reactive ketones (excluding diaryl/α,β-unsaturated/α-hetero) is 1. The first-order chi connectivity index (χ1) is 27.1. The van der Waals surface area contributed by atoms with Gasteiger partial charge in [-0.3, -0.25) is 9.59 Å². The van der Waals surface area contributed by atoms with Crippen molar-refractivity contribution in [2.24, 2.45) is 17.8 Å². The Morgan fingerprint density at radius 2 is 1.84 bits per heavy atom. The van der Waals surface area contributed by atoms with Gasteiger partial charge in [0.15, 0.2) is 6.29 Å². The zero-order chi connectivity index (χ0) is 39.3. The van der Waals surface area contributed by atoms with Gasteiger partial charge in [-0.15, -0.1) is 0 Å². The van der Waals surface area contributed by atoms with E-state index >= 15 is 0 Å². The lowest BCUT2D eigenvalue weighted by molar-refractivity contribution is -0.141. The summed E-state index contributed by atoms with van der Waals surface area (Å²) in [6, 6.07) is 5.98. The minimum Gasteiger partial charge on any atom is -0.492 e. The largest absolute Gasteiger partial charge is 0.492 e. The average molecular weight is 770 g/mol. The van der Waals surface area contributed by atoms with Crippen LogP contribution in [0.1, 0.15) is 98.9 Å². The van der Waals surface area contributed by atoms with Gasteiger partial charge in [0, 0.05) is 53.6 Å². The monoisotopic (exact) mass is 769 g/mol. The van der Waals surface area contributed by atoms with E-state index in [1.807, 2.05) is 24.4 Å². The number of fused-ring (bicyclic) bond motifs is 7. The zero-order valence-corrected chi connectivity index (χ0v) is 32.0. The first-order valence-electron chi connectivity index (χ1n) is 20.1. The quantitative estimate of drug-likeness (QED) is 0.151. The molecule has 5 atom stereocenters. The molecule has 3 aromatic rings. The number of ketones is 1. The molecule has 0 amide bonds. The molecular weight excluding hydrogens is 718 g/mol. The van der Waals surface area contributed by atoms with Crippen molar-refractivity contribution in [2.45, 2.75) is 102 Å². The first kappa shape index (κ1) is 38.4. The van der Waals surface area contributed by atoms with Gasteiger partial charge in [-0.25, -0.2) is 4.79 Å². The van der Waals surface area contributed by atoms with Crippen molar-refractivity contribution in [2.75, 3.05) is 26.4 Å². The second-order valence-corrected chi connectivity index (χ2v) is 16.3. The fourth-order valence-electron chi connectivity index (χ4n) is 9.87. The third kappa shape index (κ3) is 6.44. The molecule has 12 nitrogen and oxygen atoms in total. The van der Waals surface area contributed by atoms with Crippen LogP contribution in [0.5, 0.6) is 17.2 Å². The van der Waals surface area contributed by atoms with Crippen molar-refractivity contribution in [3.05, 3.63) is 69.1 Å². The molecule has 2 aromatic carbocycles. The molecule has 3 aliphatic heterocycles. The van der Waals surface area contributed by atoms with Gasteiger partial charge in [-0.1, -0.05) is 24.8 Å². The Morgan fingerprint density at radius 3 is 2.55 bits per heavy atom. The van der Waals surface area contributed by atoms with Crippen LogP contribution < -0.4 is 14.2 Å². The van der Waals surface area contributed by atoms with E-state index in [1.54, 1.807) is 13.8 Å². The van der Waals surface area contributed by atoms with Gasteiger partial charge >= 0.3 is 5.97 Å². The normalized spacial score (nSPS) is 25.0. The number of esters is 1. The summed E-state index contributed by atoms with van der Waals surface area (Å²) in [5.74, 6) is -2.64. The predicted octanol–water partition coefficient (Wildman–Crippen LogP) is 5.15. The number of hydrogen-bond donors (Lipinski definition) is 5. The number of aldehydes is 1. The fraction of sp³-hybridized carbons (Fsp3) is 0.523. The number of hydrogen-bond acceptors (Lipinski definition) is 11. The molecule has 5 aliphatic rings. The number of carbonyl (C=O) groups is 3. The molecule has 0 spiro atoms. The highest BCUT2D eigenvalue weighted by atomic mass is 16.6. The number of allylic oxidation sites excluding steroid dienone is 3. The minimum atomic E-state index is -1.23. The van der Waals surface area contributed by atoms with Crippen molar-refractivity contribution in [3.8, 4) is 17.2 Å². The van der Waals surface area contributed by atoms with Gasteiger partial charge in [0.05, 0.1) is 43.1 Å². The molecule has 0 radical (unpaired) electrons. The molecule has 4 heterocycles. The molecule has 1 aromatic heterocycles. The number of nitrogens with one attached hydrogen (secondary N) is 1. The minimum absolute atomic E-state index is 0.000835. The zero-order valence-electron chi connectivity index (χ0n) is 32.0.